The van der Waals surface area contributed by atoms with E-state index in [1.165, 1.54) is 0 Å². The number of imidazole rings is 1. The van der Waals surface area contributed by atoms with Crippen LogP contribution in [0.1, 0.15) is 0 Å². The zero-order valence-electron chi connectivity index (χ0n) is 8.54. The number of hydrogen-bond acceptors (Lipinski definition) is 3. The molecule has 0 unspecified atom stereocenters. The molecule has 2 N–H and O–H groups in total. The van der Waals surface area contributed by atoms with Crippen molar-refractivity contribution in [3.63, 3.8) is 0 Å². The number of anilines is 1. The number of hydrogen-bond donors (Lipinski definition) is 1. The second-order valence-electron chi connectivity index (χ2n) is 3.52. The third-order valence-electron chi connectivity index (χ3n) is 2.45. The van der Waals surface area contributed by atoms with Gasteiger partial charge in [0, 0.05) is 12.4 Å². The molecule has 16 heavy (non-hydrogen) atoms. The molecular formula is C12H10N4. The van der Waals surface area contributed by atoms with Crippen LogP contribution < -0.4 is 5.73 Å². The van der Waals surface area contributed by atoms with Crippen LogP contribution in [-0.4, -0.2) is 14.4 Å². The van der Waals surface area contributed by atoms with E-state index in [2.05, 4.69) is 9.97 Å². The van der Waals surface area contributed by atoms with Gasteiger partial charge in [0.15, 0.2) is 0 Å². The first-order chi connectivity index (χ1) is 7.84. The van der Waals surface area contributed by atoms with Gasteiger partial charge in [0.2, 0.25) is 0 Å². The lowest BCUT2D eigenvalue weighted by Gasteiger charge is -1.95. The van der Waals surface area contributed by atoms with Gasteiger partial charge in [-0.2, -0.15) is 0 Å². The fourth-order valence-corrected chi connectivity index (χ4v) is 1.67. The van der Waals surface area contributed by atoms with E-state index in [4.69, 9.17) is 5.73 Å². The first-order valence-electron chi connectivity index (χ1n) is 4.99. The van der Waals surface area contributed by atoms with Gasteiger partial charge < -0.3 is 5.73 Å². The Hall–Kier alpha value is -2.36. The zero-order valence-corrected chi connectivity index (χ0v) is 8.54. The SMILES string of the molecule is Nc1cccc2nc(-c3ccccn3)cn12. The van der Waals surface area contributed by atoms with Gasteiger partial charge in [0.05, 0.1) is 5.69 Å². The summed E-state index contributed by atoms with van der Waals surface area (Å²) in [5.41, 5.74) is 8.37. The van der Waals surface area contributed by atoms with Crippen LogP contribution in [0.3, 0.4) is 0 Å². The highest BCUT2D eigenvalue weighted by atomic mass is 15.1. The average Bonchev–Trinajstić information content (AvgIpc) is 2.76. The molecule has 0 saturated carbocycles. The maximum absolute atomic E-state index is 5.85. The number of nitrogen functional groups attached to an aromatic ring is 1. The monoisotopic (exact) mass is 210 g/mol. The number of fused-ring (bicyclic) bond motifs is 1. The van der Waals surface area contributed by atoms with Crippen LogP contribution in [0.15, 0.2) is 48.8 Å². The Bertz CT molecular complexity index is 628. The quantitative estimate of drug-likeness (QED) is 0.668. The predicted molar refractivity (Wildman–Crippen MR) is 62.8 cm³/mol. The van der Waals surface area contributed by atoms with Crippen molar-refractivity contribution >= 4 is 11.5 Å². The van der Waals surface area contributed by atoms with Crippen LogP contribution in [0.25, 0.3) is 17.0 Å². The van der Waals surface area contributed by atoms with E-state index in [9.17, 15) is 0 Å². The van der Waals surface area contributed by atoms with Gasteiger partial charge in [0.25, 0.3) is 0 Å². The predicted octanol–water partition coefficient (Wildman–Crippen LogP) is 1.98. The fourth-order valence-electron chi connectivity index (χ4n) is 1.67. The molecule has 0 fully saturated rings. The summed E-state index contributed by atoms with van der Waals surface area (Å²) in [6.07, 6.45) is 3.65. The van der Waals surface area contributed by atoms with Crippen LogP contribution in [0.4, 0.5) is 5.82 Å². The third kappa shape index (κ3) is 1.32. The van der Waals surface area contributed by atoms with E-state index >= 15 is 0 Å². The molecule has 3 heterocycles. The highest BCUT2D eigenvalue weighted by molar-refractivity contribution is 5.60. The normalized spacial score (nSPS) is 10.8. The summed E-state index contributed by atoms with van der Waals surface area (Å²) < 4.78 is 1.85. The van der Waals surface area contributed by atoms with E-state index < -0.39 is 0 Å². The Morgan fingerprint density at radius 1 is 1.00 bits per heavy atom. The summed E-state index contributed by atoms with van der Waals surface area (Å²) in [6, 6.07) is 11.4. The highest BCUT2D eigenvalue weighted by Crippen LogP contribution is 2.18. The van der Waals surface area contributed by atoms with Gasteiger partial charge in [-0.25, -0.2) is 4.98 Å². The zero-order chi connectivity index (χ0) is 11.0. The fraction of sp³-hybridized carbons (Fsp3) is 0. The Labute approximate surface area is 92.4 Å². The third-order valence-corrected chi connectivity index (χ3v) is 2.45. The van der Waals surface area contributed by atoms with Crippen LogP contribution in [-0.2, 0) is 0 Å². The van der Waals surface area contributed by atoms with E-state index in [-0.39, 0.29) is 0 Å². The molecule has 78 valence electrons. The lowest BCUT2D eigenvalue weighted by molar-refractivity contribution is 1.20. The standard InChI is InChI=1S/C12H10N4/c13-11-5-3-6-12-15-10(8-16(11)12)9-4-1-2-7-14-9/h1-8H,13H2. The Morgan fingerprint density at radius 2 is 1.94 bits per heavy atom. The number of aromatic nitrogens is 3. The van der Waals surface area contributed by atoms with Crippen LogP contribution in [0.5, 0.6) is 0 Å². The van der Waals surface area contributed by atoms with Gasteiger partial charge in [0.1, 0.15) is 17.2 Å². The van der Waals surface area contributed by atoms with Crippen molar-refractivity contribution in [3.05, 3.63) is 48.8 Å². The molecule has 0 aliphatic heterocycles. The summed E-state index contributed by atoms with van der Waals surface area (Å²) in [7, 11) is 0. The van der Waals surface area contributed by atoms with Crippen LogP contribution >= 0.6 is 0 Å². The lowest BCUT2D eigenvalue weighted by Crippen LogP contribution is -1.93. The van der Waals surface area contributed by atoms with Crippen molar-refractivity contribution in [2.75, 3.05) is 5.73 Å². The van der Waals surface area contributed by atoms with E-state index in [0.717, 1.165) is 17.0 Å². The smallest absolute Gasteiger partial charge is 0.139 e. The molecule has 0 atom stereocenters. The second-order valence-corrected chi connectivity index (χ2v) is 3.52. The molecular weight excluding hydrogens is 200 g/mol. The molecule has 0 aromatic carbocycles. The Kier molecular flexibility index (Phi) is 1.86. The van der Waals surface area contributed by atoms with Crippen LogP contribution in [0, 0.1) is 0 Å². The van der Waals surface area contributed by atoms with Gasteiger partial charge in [-0.05, 0) is 24.3 Å². The van der Waals surface area contributed by atoms with Gasteiger partial charge in [-0.1, -0.05) is 12.1 Å². The number of pyridine rings is 2. The highest BCUT2D eigenvalue weighted by Gasteiger charge is 2.05. The molecule has 4 nitrogen and oxygen atoms in total. The summed E-state index contributed by atoms with van der Waals surface area (Å²) in [5, 5.41) is 0. The molecule has 0 aliphatic carbocycles. The topological polar surface area (TPSA) is 56.2 Å². The number of rotatable bonds is 1. The van der Waals surface area contributed by atoms with E-state index in [1.807, 2.05) is 47.0 Å². The van der Waals surface area contributed by atoms with Crippen molar-refractivity contribution in [2.24, 2.45) is 0 Å². The Morgan fingerprint density at radius 3 is 2.69 bits per heavy atom. The summed E-state index contributed by atoms with van der Waals surface area (Å²) in [4.78, 5) is 8.72. The van der Waals surface area contributed by atoms with Gasteiger partial charge in [-0.15, -0.1) is 0 Å². The number of nitrogens with two attached hydrogens (primary N) is 1. The first-order valence-corrected chi connectivity index (χ1v) is 4.99. The van der Waals surface area contributed by atoms with E-state index in [0.29, 0.717) is 5.82 Å². The lowest BCUT2D eigenvalue weighted by atomic mass is 10.3. The van der Waals surface area contributed by atoms with Gasteiger partial charge >= 0.3 is 0 Å². The molecule has 0 bridgehead atoms. The number of nitrogens with zero attached hydrogens (tertiary/aromatic N) is 3. The maximum atomic E-state index is 5.85. The molecule has 0 aliphatic rings. The molecule has 4 heteroatoms. The van der Waals surface area contributed by atoms with Crippen LogP contribution in [0.2, 0.25) is 0 Å². The van der Waals surface area contributed by atoms with E-state index in [1.54, 1.807) is 6.20 Å². The van der Waals surface area contributed by atoms with Crippen molar-refractivity contribution in [1.29, 1.82) is 0 Å². The minimum absolute atomic E-state index is 0.673. The van der Waals surface area contributed by atoms with Crippen molar-refractivity contribution < 1.29 is 0 Å². The second kappa shape index (κ2) is 3.34. The minimum Gasteiger partial charge on any atom is -0.385 e. The summed E-state index contributed by atoms with van der Waals surface area (Å²) in [6.45, 7) is 0. The summed E-state index contributed by atoms with van der Waals surface area (Å²) in [5.74, 6) is 0.673. The van der Waals surface area contributed by atoms with Crippen molar-refractivity contribution in [3.8, 4) is 11.4 Å². The average molecular weight is 210 g/mol. The van der Waals surface area contributed by atoms with Crippen molar-refractivity contribution in [1.82, 2.24) is 14.4 Å². The molecule has 3 aromatic heterocycles. The first kappa shape index (κ1) is 8.91. The minimum atomic E-state index is 0.673. The molecule has 0 spiro atoms. The largest absolute Gasteiger partial charge is 0.385 e. The summed E-state index contributed by atoms with van der Waals surface area (Å²) >= 11 is 0. The van der Waals surface area contributed by atoms with Gasteiger partial charge in [-0.3, -0.25) is 9.38 Å². The maximum Gasteiger partial charge on any atom is 0.139 e. The molecule has 0 saturated heterocycles. The molecule has 3 rings (SSSR count). The molecule has 0 radical (unpaired) electrons. The molecule has 3 aromatic rings. The molecule has 0 amide bonds. The Balaban J connectivity index is 2.23. The van der Waals surface area contributed by atoms with Crippen molar-refractivity contribution in [2.45, 2.75) is 0 Å².